The molecule has 106 valence electrons. The summed E-state index contributed by atoms with van der Waals surface area (Å²) in [7, 11) is 0. The molecule has 0 saturated heterocycles. The van der Waals surface area contributed by atoms with E-state index in [1.807, 2.05) is 13.8 Å². The Morgan fingerprint density at radius 2 is 2.25 bits per heavy atom. The van der Waals surface area contributed by atoms with Gasteiger partial charge < -0.3 is 0 Å². The average Bonchev–Trinajstić information content (AvgIpc) is 2.86. The molecule has 0 aromatic carbocycles. The average molecular weight is 277 g/mol. The number of hydrogen-bond acceptors (Lipinski definition) is 5. The van der Waals surface area contributed by atoms with Crippen LogP contribution in [-0.4, -0.2) is 46.7 Å². The SMILES string of the molecule is CCCC1N=C2C3=C(NC=NC3)[N+](=O)[N+]2(CCC)C1=O. The van der Waals surface area contributed by atoms with Gasteiger partial charge in [-0.05, 0) is 22.3 Å². The summed E-state index contributed by atoms with van der Waals surface area (Å²) in [5.74, 6) is 0.926. The van der Waals surface area contributed by atoms with Crippen molar-refractivity contribution >= 4 is 18.1 Å². The first-order valence-corrected chi connectivity index (χ1v) is 7.13. The summed E-state index contributed by atoms with van der Waals surface area (Å²) in [6, 6.07) is -0.391. The zero-order chi connectivity index (χ0) is 14.3. The Balaban J connectivity index is 2.09. The molecule has 7 heteroatoms. The molecule has 3 aliphatic rings. The van der Waals surface area contributed by atoms with Crippen LogP contribution in [0, 0.1) is 4.91 Å². The minimum absolute atomic E-state index is 0.102. The van der Waals surface area contributed by atoms with Crippen LogP contribution in [0.1, 0.15) is 33.1 Å². The molecule has 3 aliphatic heterocycles. The highest BCUT2D eigenvalue weighted by molar-refractivity contribution is 6.06. The van der Waals surface area contributed by atoms with Gasteiger partial charge in [-0.1, -0.05) is 20.3 Å². The van der Waals surface area contributed by atoms with Gasteiger partial charge in [-0.3, -0.25) is 0 Å². The lowest BCUT2D eigenvalue weighted by Crippen LogP contribution is -2.58. The molecule has 0 radical (unpaired) electrons. The highest BCUT2D eigenvalue weighted by Gasteiger charge is 2.68. The van der Waals surface area contributed by atoms with Crippen LogP contribution in [0.2, 0.25) is 0 Å². The van der Waals surface area contributed by atoms with Crippen LogP contribution in [0.15, 0.2) is 21.4 Å². The van der Waals surface area contributed by atoms with E-state index in [0.717, 1.165) is 23.3 Å². The molecule has 0 aliphatic carbocycles. The van der Waals surface area contributed by atoms with Crippen molar-refractivity contribution in [2.24, 2.45) is 9.98 Å². The van der Waals surface area contributed by atoms with Crippen molar-refractivity contribution in [3.8, 4) is 0 Å². The minimum Gasteiger partial charge on any atom is -0.249 e. The first-order chi connectivity index (χ1) is 9.66. The highest BCUT2D eigenvalue weighted by atomic mass is 16.4. The van der Waals surface area contributed by atoms with Crippen LogP contribution in [-0.2, 0) is 4.79 Å². The fourth-order valence-electron chi connectivity index (χ4n) is 3.14. The van der Waals surface area contributed by atoms with Crippen LogP contribution in [0.3, 0.4) is 0 Å². The second-order valence-electron chi connectivity index (χ2n) is 5.30. The molecule has 20 heavy (non-hydrogen) atoms. The predicted octanol–water partition coefficient (Wildman–Crippen LogP) is 0.871. The quantitative estimate of drug-likeness (QED) is 0.612. The van der Waals surface area contributed by atoms with E-state index in [0.29, 0.717) is 31.2 Å². The zero-order valence-corrected chi connectivity index (χ0v) is 11.8. The van der Waals surface area contributed by atoms with Gasteiger partial charge in [-0.2, -0.15) is 0 Å². The molecule has 1 N–H and O–H groups in total. The smallest absolute Gasteiger partial charge is 0.249 e. The van der Waals surface area contributed by atoms with E-state index in [9.17, 15) is 9.70 Å². The van der Waals surface area contributed by atoms with Crippen LogP contribution >= 0.6 is 0 Å². The first-order valence-electron chi connectivity index (χ1n) is 7.13. The standard InChI is InChI=1S/C13H19N5O2/c1-3-5-10-13(19)18(6-4-2)12(16-10)9-7-14-8-15-11(9)17(18)20/h8,10H,3-7H2,1-2H3,(H,14,15)/q+2. The summed E-state index contributed by atoms with van der Waals surface area (Å²) in [6.07, 6.45) is 3.81. The number of carbonyl (C=O) groups is 1. The molecule has 0 aromatic rings. The fraction of sp³-hybridized carbons (Fsp3) is 0.615. The lowest BCUT2D eigenvalue weighted by Gasteiger charge is -2.19. The van der Waals surface area contributed by atoms with Crippen molar-refractivity contribution in [3.63, 3.8) is 0 Å². The van der Waals surface area contributed by atoms with E-state index in [1.165, 1.54) is 6.34 Å². The Labute approximate surface area is 117 Å². The topological polar surface area (TPSA) is 73.9 Å². The lowest BCUT2D eigenvalue weighted by atomic mass is 10.1. The van der Waals surface area contributed by atoms with E-state index in [4.69, 9.17) is 0 Å². The third-order valence-electron chi connectivity index (χ3n) is 3.99. The Kier molecular flexibility index (Phi) is 3.01. The number of hydrogen-bond donors (Lipinski definition) is 1. The van der Waals surface area contributed by atoms with E-state index >= 15 is 0 Å². The molecule has 3 rings (SSSR count). The van der Waals surface area contributed by atoms with Gasteiger partial charge in [0.05, 0.1) is 6.54 Å². The Morgan fingerprint density at radius 3 is 2.95 bits per heavy atom. The number of fused-ring (bicyclic) bond motifs is 2. The predicted molar refractivity (Wildman–Crippen MR) is 73.7 cm³/mol. The molecule has 0 fully saturated rings. The van der Waals surface area contributed by atoms with Gasteiger partial charge in [0.1, 0.15) is 6.54 Å². The Bertz CT molecular complexity index is 577. The molecule has 0 bridgehead atoms. The van der Waals surface area contributed by atoms with Gasteiger partial charge in [0.15, 0.2) is 22.8 Å². The fourth-order valence-corrected chi connectivity index (χ4v) is 3.14. The molecule has 1 amide bonds. The van der Waals surface area contributed by atoms with Gasteiger partial charge in [0, 0.05) is 0 Å². The van der Waals surface area contributed by atoms with Gasteiger partial charge in [0.25, 0.3) is 5.84 Å². The van der Waals surface area contributed by atoms with Crippen molar-refractivity contribution < 1.29 is 14.3 Å². The molecule has 0 aromatic heterocycles. The van der Waals surface area contributed by atoms with Crippen LogP contribution in [0.5, 0.6) is 0 Å². The molecule has 7 nitrogen and oxygen atoms in total. The lowest BCUT2D eigenvalue weighted by molar-refractivity contribution is -1.22. The van der Waals surface area contributed by atoms with E-state index in [1.54, 1.807) is 0 Å². The second kappa shape index (κ2) is 4.59. The number of quaternary nitrogens is 1. The zero-order valence-electron chi connectivity index (χ0n) is 11.8. The van der Waals surface area contributed by atoms with Crippen molar-refractivity contribution in [2.75, 3.05) is 13.1 Å². The summed E-state index contributed by atoms with van der Waals surface area (Å²) < 4.78 is -0.303. The first kappa shape index (κ1) is 13.1. The number of amidine groups is 1. The summed E-state index contributed by atoms with van der Waals surface area (Å²) in [5, 5.41) is 2.86. The van der Waals surface area contributed by atoms with Crippen LogP contribution in [0.25, 0.3) is 0 Å². The van der Waals surface area contributed by atoms with E-state index < -0.39 is 6.04 Å². The normalized spacial score (nSPS) is 31.3. The maximum atomic E-state index is 12.8. The highest BCUT2D eigenvalue weighted by Crippen LogP contribution is 2.36. The van der Waals surface area contributed by atoms with E-state index in [-0.39, 0.29) is 10.5 Å². The summed E-state index contributed by atoms with van der Waals surface area (Å²) in [5.41, 5.74) is 0.767. The summed E-state index contributed by atoms with van der Waals surface area (Å²) in [6.45, 7) is 4.86. The van der Waals surface area contributed by atoms with Crippen molar-refractivity contribution in [1.82, 2.24) is 5.32 Å². The number of aliphatic imine (C=N–C) groups is 2. The minimum atomic E-state index is -0.391. The number of amides is 1. The van der Waals surface area contributed by atoms with Crippen molar-refractivity contribution in [2.45, 2.75) is 39.2 Å². The molecule has 0 saturated carbocycles. The van der Waals surface area contributed by atoms with Crippen molar-refractivity contribution in [1.29, 1.82) is 0 Å². The number of carbonyl (C=O) groups excluding carboxylic acids is 1. The third-order valence-corrected chi connectivity index (χ3v) is 3.99. The van der Waals surface area contributed by atoms with Crippen molar-refractivity contribution in [3.05, 3.63) is 16.3 Å². The van der Waals surface area contributed by atoms with E-state index in [2.05, 4.69) is 15.3 Å². The maximum Gasteiger partial charge on any atom is 0.394 e. The monoisotopic (exact) mass is 277 g/mol. The number of nitroso groups, excluding NO2 is 1. The van der Waals surface area contributed by atoms with Gasteiger partial charge in [0.2, 0.25) is 0 Å². The maximum absolute atomic E-state index is 12.8. The van der Waals surface area contributed by atoms with Crippen LogP contribution < -0.4 is 5.32 Å². The third kappa shape index (κ3) is 1.46. The Morgan fingerprint density at radius 1 is 1.45 bits per heavy atom. The molecular formula is C13H19N5O2+2. The largest absolute Gasteiger partial charge is 0.394 e. The molecule has 2 atom stereocenters. The molecule has 0 spiro atoms. The summed E-state index contributed by atoms with van der Waals surface area (Å²) in [4.78, 5) is 35.0. The van der Waals surface area contributed by atoms with Gasteiger partial charge >= 0.3 is 11.7 Å². The summed E-state index contributed by atoms with van der Waals surface area (Å²) >= 11 is 0. The van der Waals surface area contributed by atoms with Gasteiger partial charge in [-0.15, -0.1) is 0 Å². The molecule has 3 heterocycles. The van der Waals surface area contributed by atoms with Crippen LogP contribution in [0.4, 0.5) is 0 Å². The molecule has 2 unspecified atom stereocenters. The number of nitrogens with zero attached hydrogens (tertiary/aromatic N) is 4. The Hall–Kier alpha value is -1.89. The number of rotatable bonds is 4. The molecular weight excluding hydrogens is 258 g/mol. The second-order valence-corrected chi connectivity index (χ2v) is 5.30. The number of nitrogens with one attached hydrogen (secondary N) is 1. The van der Waals surface area contributed by atoms with Gasteiger partial charge in [-0.25, -0.2) is 20.1 Å².